The molecule has 0 unspecified atom stereocenters. The zero-order chi connectivity index (χ0) is 16.0. The molecule has 0 aromatic heterocycles. The average Bonchev–Trinajstić information content (AvgIpc) is 2.57. The van der Waals surface area contributed by atoms with E-state index in [9.17, 15) is 9.59 Å². The van der Waals surface area contributed by atoms with Crippen LogP contribution in [0.5, 0.6) is 0 Å². The predicted molar refractivity (Wildman–Crippen MR) is 85.5 cm³/mol. The van der Waals surface area contributed by atoms with Crippen LogP contribution < -0.4 is 16.4 Å². The van der Waals surface area contributed by atoms with E-state index in [1.54, 1.807) is 31.2 Å². The van der Waals surface area contributed by atoms with Crippen LogP contribution in [0.25, 0.3) is 0 Å². The number of rotatable bonds is 5. The summed E-state index contributed by atoms with van der Waals surface area (Å²) in [5.74, 6) is -0.107. The number of nitrogens with one attached hydrogen (secondary N) is 2. The molecule has 0 bridgehead atoms. The van der Waals surface area contributed by atoms with Crippen molar-refractivity contribution >= 4 is 23.2 Å². The maximum Gasteiger partial charge on any atom is 0.232 e. The molecule has 2 amide bonds. The maximum absolute atomic E-state index is 12.5. The van der Waals surface area contributed by atoms with Gasteiger partial charge >= 0.3 is 0 Å². The van der Waals surface area contributed by atoms with Crippen molar-refractivity contribution in [2.75, 3.05) is 30.4 Å². The Bertz CT molecular complexity index is 522. The molecular weight excluding hydrogens is 282 g/mol. The molecule has 0 saturated carbocycles. The van der Waals surface area contributed by atoms with Crippen molar-refractivity contribution in [2.45, 2.75) is 26.2 Å². The Morgan fingerprint density at radius 1 is 1.14 bits per heavy atom. The SMILES string of the molecule is CCC(=O)Nc1ccc(NC(=O)C2(CN)CCOCC2)cc1. The molecule has 6 nitrogen and oxygen atoms in total. The fourth-order valence-corrected chi connectivity index (χ4v) is 2.44. The molecule has 0 spiro atoms. The lowest BCUT2D eigenvalue weighted by molar-refractivity contribution is -0.130. The summed E-state index contributed by atoms with van der Waals surface area (Å²) in [7, 11) is 0. The highest BCUT2D eigenvalue weighted by molar-refractivity contribution is 5.96. The number of amides is 2. The Labute approximate surface area is 130 Å². The van der Waals surface area contributed by atoms with Crippen molar-refractivity contribution in [3.63, 3.8) is 0 Å². The lowest BCUT2D eigenvalue weighted by atomic mass is 9.79. The second kappa shape index (κ2) is 7.38. The second-order valence-corrected chi connectivity index (χ2v) is 5.53. The summed E-state index contributed by atoms with van der Waals surface area (Å²) in [6.07, 6.45) is 1.71. The fourth-order valence-electron chi connectivity index (χ4n) is 2.44. The summed E-state index contributed by atoms with van der Waals surface area (Å²) in [5.41, 5.74) is 6.68. The van der Waals surface area contributed by atoms with Crippen molar-refractivity contribution < 1.29 is 14.3 Å². The van der Waals surface area contributed by atoms with Gasteiger partial charge in [-0.2, -0.15) is 0 Å². The largest absolute Gasteiger partial charge is 0.381 e. The molecule has 120 valence electrons. The van der Waals surface area contributed by atoms with Crippen LogP contribution in [0.1, 0.15) is 26.2 Å². The first-order chi connectivity index (χ1) is 10.6. The van der Waals surface area contributed by atoms with E-state index in [-0.39, 0.29) is 11.8 Å². The summed E-state index contributed by atoms with van der Waals surface area (Å²) in [6.45, 7) is 3.23. The minimum Gasteiger partial charge on any atom is -0.381 e. The van der Waals surface area contributed by atoms with Gasteiger partial charge in [0.05, 0.1) is 5.41 Å². The molecule has 22 heavy (non-hydrogen) atoms. The van der Waals surface area contributed by atoms with Crippen LogP contribution in [0.15, 0.2) is 24.3 Å². The number of carbonyl (C=O) groups excluding carboxylic acids is 2. The highest BCUT2D eigenvalue weighted by atomic mass is 16.5. The summed E-state index contributed by atoms with van der Waals surface area (Å²) >= 11 is 0. The number of hydrogen-bond acceptors (Lipinski definition) is 4. The topological polar surface area (TPSA) is 93.5 Å². The van der Waals surface area contributed by atoms with Crippen LogP contribution >= 0.6 is 0 Å². The van der Waals surface area contributed by atoms with Gasteiger partial charge in [-0.15, -0.1) is 0 Å². The molecule has 6 heteroatoms. The lowest BCUT2D eigenvalue weighted by Gasteiger charge is -2.34. The zero-order valence-corrected chi connectivity index (χ0v) is 12.9. The van der Waals surface area contributed by atoms with Gasteiger partial charge in [-0.25, -0.2) is 0 Å². The smallest absolute Gasteiger partial charge is 0.232 e. The van der Waals surface area contributed by atoms with Crippen LogP contribution in [0.2, 0.25) is 0 Å². The van der Waals surface area contributed by atoms with E-state index in [2.05, 4.69) is 10.6 Å². The Hall–Kier alpha value is -1.92. The van der Waals surface area contributed by atoms with Crippen molar-refractivity contribution in [3.05, 3.63) is 24.3 Å². The highest BCUT2D eigenvalue weighted by Crippen LogP contribution is 2.31. The standard InChI is InChI=1S/C16H23N3O3/c1-2-14(20)18-12-3-5-13(6-4-12)19-15(21)16(11-17)7-9-22-10-8-16/h3-6H,2,7-11,17H2,1H3,(H,18,20)(H,19,21). The number of carbonyl (C=O) groups is 2. The molecule has 1 saturated heterocycles. The first-order valence-corrected chi connectivity index (χ1v) is 7.59. The number of nitrogens with two attached hydrogens (primary N) is 1. The third-order valence-electron chi connectivity index (χ3n) is 4.07. The minimum absolute atomic E-state index is 0.0407. The summed E-state index contributed by atoms with van der Waals surface area (Å²) < 4.78 is 5.31. The van der Waals surface area contributed by atoms with E-state index < -0.39 is 5.41 Å². The van der Waals surface area contributed by atoms with Gasteiger partial charge in [0.15, 0.2) is 0 Å². The van der Waals surface area contributed by atoms with Crippen molar-refractivity contribution in [1.82, 2.24) is 0 Å². The normalized spacial score (nSPS) is 16.8. The molecule has 2 rings (SSSR count). The van der Waals surface area contributed by atoms with Crippen LogP contribution in [-0.2, 0) is 14.3 Å². The van der Waals surface area contributed by atoms with Gasteiger partial charge in [-0.05, 0) is 37.1 Å². The minimum atomic E-state index is -0.548. The molecule has 0 aliphatic carbocycles. The monoisotopic (exact) mass is 305 g/mol. The number of anilines is 2. The highest BCUT2D eigenvalue weighted by Gasteiger charge is 2.38. The van der Waals surface area contributed by atoms with Crippen molar-refractivity contribution in [1.29, 1.82) is 0 Å². The Balaban J connectivity index is 2.00. The number of ether oxygens (including phenoxy) is 1. The predicted octanol–water partition coefficient (Wildman–Crippen LogP) is 1.73. The van der Waals surface area contributed by atoms with Gasteiger partial charge in [-0.3, -0.25) is 9.59 Å². The van der Waals surface area contributed by atoms with Gasteiger partial charge in [-0.1, -0.05) is 6.92 Å². The summed E-state index contributed by atoms with van der Waals surface area (Å²) in [6, 6.07) is 7.07. The van der Waals surface area contributed by atoms with Crippen molar-refractivity contribution in [3.8, 4) is 0 Å². The molecule has 1 fully saturated rings. The molecule has 1 heterocycles. The average molecular weight is 305 g/mol. The number of hydrogen-bond donors (Lipinski definition) is 3. The van der Waals surface area contributed by atoms with Gasteiger partial charge in [0, 0.05) is 37.6 Å². The van der Waals surface area contributed by atoms with Crippen LogP contribution in [0, 0.1) is 5.41 Å². The number of benzene rings is 1. The molecule has 1 aliphatic rings. The lowest BCUT2D eigenvalue weighted by Crippen LogP contribution is -2.46. The van der Waals surface area contributed by atoms with Crippen LogP contribution in [-0.4, -0.2) is 31.6 Å². The van der Waals surface area contributed by atoms with E-state index in [0.717, 1.165) is 0 Å². The third-order valence-corrected chi connectivity index (χ3v) is 4.07. The van der Waals surface area contributed by atoms with Crippen molar-refractivity contribution in [2.24, 2.45) is 11.1 Å². The molecule has 0 atom stereocenters. The van der Waals surface area contributed by atoms with E-state index in [1.807, 2.05) is 0 Å². The van der Waals surface area contributed by atoms with E-state index in [1.165, 1.54) is 0 Å². The summed E-state index contributed by atoms with van der Waals surface area (Å²) in [4.78, 5) is 23.8. The van der Waals surface area contributed by atoms with Gasteiger partial charge in [0.1, 0.15) is 0 Å². The quantitative estimate of drug-likeness (QED) is 0.772. The van der Waals surface area contributed by atoms with Crippen LogP contribution in [0.4, 0.5) is 11.4 Å². The van der Waals surface area contributed by atoms with Crippen LogP contribution in [0.3, 0.4) is 0 Å². The maximum atomic E-state index is 12.5. The molecular formula is C16H23N3O3. The molecule has 1 aliphatic heterocycles. The fraction of sp³-hybridized carbons (Fsp3) is 0.500. The van der Waals surface area contributed by atoms with E-state index in [0.29, 0.717) is 50.4 Å². The van der Waals surface area contributed by atoms with Gasteiger partial charge < -0.3 is 21.1 Å². The van der Waals surface area contributed by atoms with E-state index >= 15 is 0 Å². The van der Waals surface area contributed by atoms with Gasteiger partial charge in [0.25, 0.3) is 0 Å². The Morgan fingerprint density at radius 3 is 2.18 bits per heavy atom. The second-order valence-electron chi connectivity index (χ2n) is 5.53. The third kappa shape index (κ3) is 3.84. The Kier molecular flexibility index (Phi) is 5.51. The van der Waals surface area contributed by atoms with Gasteiger partial charge in [0.2, 0.25) is 11.8 Å². The molecule has 0 radical (unpaired) electrons. The first-order valence-electron chi connectivity index (χ1n) is 7.59. The first kappa shape index (κ1) is 16.5. The zero-order valence-electron chi connectivity index (χ0n) is 12.9. The molecule has 1 aromatic rings. The Morgan fingerprint density at radius 2 is 1.68 bits per heavy atom. The van der Waals surface area contributed by atoms with E-state index in [4.69, 9.17) is 10.5 Å². The molecule has 1 aromatic carbocycles. The molecule has 4 N–H and O–H groups in total. The summed E-state index contributed by atoms with van der Waals surface area (Å²) in [5, 5.41) is 5.68.